The summed E-state index contributed by atoms with van der Waals surface area (Å²) < 4.78 is 0.984. The molecule has 5 heteroatoms. The highest BCUT2D eigenvalue weighted by molar-refractivity contribution is 7.21. The Kier molecular flexibility index (Phi) is 3.73. The third-order valence-electron chi connectivity index (χ3n) is 2.39. The highest BCUT2D eigenvalue weighted by atomic mass is 32.1. The van der Waals surface area contributed by atoms with E-state index in [0.29, 0.717) is 18.0 Å². The summed E-state index contributed by atoms with van der Waals surface area (Å²) >= 11 is 1.29. The van der Waals surface area contributed by atoms with Crippen LogP contribution in [0.5, 0.6) is 0 Å². The van der Waals surface area contributed by atoms with Crippen molar-refractivity contribution in [3.63, 3.8) is 0 Å². The summed E-state index contributed by atoms with van der Waals surface area (Å²) in [4.78, 5) is 16.6. The molecule has 0 bridgehead atoms. The van der Waals surface area contributed by atoms with Crippen molar-refractivity contribution in [1.29, 1.82) is 0 Å². The van der Waals surface area contributed by atoms with Gasteiger partial charge in [0.2, 0.25) is 0 Å². The van der Waals surface area contributed by atoms with Crippen LogP contribution in [-0.4, -0.2) is 17.7 Å². The molecule has 0 saturated carbocycles. The lowest BCUT2D eigenvalue weighted by Gasteiger charge is -2.04. The molecule has 0 atom stereocenters. The largest absolute Gasteiger partial charge is 0.477 e. The number of rotatable bonds is 5. The van der Waals surface area contributed by atoms with Crippen LogP contribution in [0.3, 0.4) is 0 Å². The van der Waals surface area contributed by atoms with Gasteiger partial charge in [-0.15, -0.1) is 11.3 Å². The average Bonchev–Trinajstić information content (AvgIpc) is 2.69. The lowest BCUT2D eigenvalue weighted by atomic mass is 10.1. The normalized spacial score (nSPS) is 10.9. The summed E-state index contributed by atoms with van der Waals surface area (Å²) in [6.45, 7) is 2.82. The van der Waals surface area contributed by atoms with Crippen molar-refractivity contribution in [2.75, 3.05) is 6.61 Å². The number of carbonyl (C=O) groups is 1. The molecule has 1 aromatic heterocycles. The number of fused-ring (bicyclic) bond motifs is 1. The van der Waals surface area contributed by atoms with Crippen LogP contribution in [0.1, 0.15) is 22.2 Å². The maximum absolute atomic E-state index is 11.2. The van der Waals surface area contributed by atoms with E-state index in [1.54, 1.807) is 0 Å². The minimum atomic E-state index is -0.889. The number of benzene rings is 1. The Bertz CT molecular complexity index is 536. The molecule has 0 fully saturated rings. The van der Waals surface area contributed by atoms with Crippen molar-refractivity contribution < 1.29 is 14.7 Å². The van der Waals surface area contributed by atoms with E-state index in [4.69, 9.17) is 9.94 Å². The molecular weight excluding hydrogens is 238 g/mol. The third-order valence-corrected chi connectivity index (χ3v) is 3.59. The number of hydroxylamine groups is 1. The third kappa shape index (κ3) is 2.46. The molecule has 0 amide bonds. The zero-order chi connectivity index (χ0) is 12.3. The molecule has 0 unspecified atom stereocenters. The molecule has 0 aliphatic rings. The van der Waals surface area contributed by atoms with E-state index < -0.39 is 5.97 Å². The highest BCUT2D eigenvalue weighted by Crippen LogP contribution is 2.31. The van der Waals surface area contributed by atoms with Gasteiger partial charge in [0.05, 0.1) is 6.61 Å². The minimum Gasteiger partial charge on any atom is -0.477 e. The van der Waals surface area contributed by atoms with E-state index in [9.17, 15) is 4.79 Å². The van der Waals surface area contributed by atoms with Gasteiger partial charge < -0.3 is 9.94 Å². The number of aromatic carboxylic acids is 1. The molecule has 2 N–H and O–H groups in total. The van der Waals surface area contributed by atoms with Gasteiger partial charge in [0.15, 0.2) is 0 Å². The van der Waals surface area contributed by atoms with Gasteiger partial charge in [-0.2, -0.15) is 5.48 Å². The van der Waals surface area contributed by atoms with Gasteiger partial charge >= 0.3 is 5.97 Å². The van der Waals surface area contributed by atoms with Gasteiger partial charge in [-0.3, -0.25) is 0 Å². The smallest absolute Gasteiger partial charge is 0.346 e. The highest BCUT2D eigenvalue weighted by Gasteiger charge is 2.16. The van der Waals surface area contributed by atoms with E-state index in [0.717, 1.165) is 15.6 Å². The molecule has 1 aromatic carbocycles. The first-order valence-corrected chi connectivity index (χ1v) is 6.14. The fraction of sp³-hybridized carbons (Fsp3) is 0.250. The van der Waals surface area contributed by atoms with Crippen LogP contribution in [-0.2, 0) is 11.4 Å². The molecule has 1 heterocycles. The first-order valence-electron chi connectivity index (χ1n) is 5.32. The zero-order valence-electron chi connectivity index (χ0n) is 9.40. The predicted molar refractivity (Wildman–Crippen MR) is 67.3 cm³/mol. The Morgan fingerprint density at radius 3 is 2.94 bits per heavy atom. The molecule has 2 aromatic rings. The van der Waals surface area contributed by atoms with Crippen LogP contribution in [0.4, 0.5) is 0 Å². The molecule has 0 spiro atoms. The van der Waals surface area contributed by atoms with Gasteiger partial charge in [0.25, 0.3) is 0 Å². The second kappa shape index (κ2) is 5.27. The average molecular weight is 251 g/mol. The van der Waals surface area contributed by atoms with Crippen molar-refractivity contribution in [2.24, 2.45) is 0 Å². The summed E-state index contributed by atoms with van der Waals surface area (Å²) in [5, 5.41) is 10.1. The number of nitrogens with one attached hydrogen (secondary N) is 1. The van der Waals surface area contributed by atoms with E-state index in [-0.39, 0.29) is 0 Å². The van der Waals surface area contributed by atoms with Crippen LogP contribution in [0, 0.1) is 0 Å². The molecule has 0 saturated heterocycles. The topological polar surface area (TPSA) is 58.6 Å². The Labute approximate surface area is 103 Å². The molecule has 90 valence electrons. The van der Waals surface area contributed by atoms with Crippen LogP contribution < -0.4 is 5.48 Å². The van der Waals surface area contributed by atoms with Crippen molar-refractivity contribution >= 4 is 27.4 Å². The summed E-state index contributed by atoms with van der Waals surface area (Å²) in [7, 11) is 0. The molecular formula is C12H13NO3S. The van der Waals surface area contributed by atoms with Crippen molar-refractivity contribution in [1.82, 2.24) is 5.48 Å². The summed E-state index contributed by atoms with van der Waals surface area (Å²) in [6, 6.07) is 7.67. The second-order valence-electron chi connectivity index (χ2n) is 3.47. The van der Waals surface area contributed by atoms with Gasteiger partial charge in [-0.1, -0.05) is 18.2 Å². The molecule has 0 radical (unpaired) electrons. The number of carboxylic acid groups (broad SMARTS) is 1. The van der Waals surface area contributed by atoms with E-state index in [1.165, 1.54) is 11.3 Å². The number of hydrogen-bond donors (Lipinski definition) is 2. The van der Waals surface area contributed by atoms with Crippen LogP contribution >= 0.6 is 11.3 Å². The monoisotopic (exact) mass is 251 g/mol. The zero-order valence-corrected chi connectivity index (χ0v) is 10.2. The standard InChI is InChI=1S/C12H13NO3S/c1-2-16-13-7-9-8-5-3-4-6-10(8)17-11(9)12(14)15/h3-6,13H,2,7H2,1H3,(H,14,15). The number of thiophene rings is 1. The van der Waals surface area contributed by atoms with Crippen molar-refractivity contribution in [2.45, 2.75) is 13.5 Å². The minimum absolute atomic E-state index is 0.374. The first kappa shape index (κ1) is 12.0. The fourth-order valence-electron chi connectivity index (χ4n) is 1.67. The molecule has 0 aliphatic carbocycles. The summed E-state index contributed by atoms with van der Waals surface area (Å²) in [5.74, 6) is -0.889. The van der Waals surface area contributed by atoms with Gasteiger partial charge in [0.1, 0.15) is 4.88 Å². The fourth-order valence-corrected chi connectivity index (χ4v) is 2.73. The Morgan fingerprint density at radius 1 is 1.47 bits per heavy atom. The molecule has 2 rings (SSSR count). The van der Waals surface area contributed by atoms with Crippen molar-refractivity contribution in [3.8, 4) is 0 Å². The van der Waals surface area contributed by atoms with Gasteiger partial charge in [-0.05, 0) is 18.4 Å². The van der Waals surface area contributed by atoms with Crippen LogP contribution in [0.15, 0.2) is 24.3 Å². The first-order chi connectivity index (χ1) is 8.24. The van der Waals surface area contributed by atoms with E-state index >= 15 is 0 Å². The molecule has 0 aliphatic heterocycles. The van der Waals surface area contributed by atoms with Gasteiger partial charge in [-0.25, -0.2) is 4.79 Å². The number of carboxylic acids is 1. The van der Waals surface area contributed by atoms with Crippen LogP contribution in [0.25, 0.3) is 10.1 Å². The van der Waals surface area contributed by atoms with E-state index in [2.05, 4.69) is 5.48 Å². The molecule has 17 heavy (non-hydrogen) atoms. The predicted octanol–water partition coefficient (Wildman–Crippen LogP) is 2.64. The van der Waals surface area contributed by atoms with Crippen molar-refractivity contribution in [3.05, 3.63) is 34.7 Å². The lowest BCUT2D eigenvalue weighted by molar-refractivity contribution is 0.0462. The lowest BCUT2D eigenvalue weighted by Crippen LogP contribution is -2.15. The SMILES string of the molecule is CCONCc1c(C(=O)O)sc2ccccc12. The Hall–Kier alpha value is -1.43. The van der Waals surface area contributed by atoms with Gasteiger partial charge in [0, 0.05) is 16.8 Å². The van der Waals surface area contributed by atoms with Crippen LogP contribution in [0.2, 0.25) is 0 Å². The quantitative estimate of drug-likeness (QED) is 0.633. The Balaban J connectivity index is 2.41. The summed E-state index contributed by atoms with van der Waals surface area (Å²) in [6.07, 6.45) is 0. The Morgan fingerprint density at radius 2 is 2.24 bits per heavy atom. The summed E-state index contributed by atoms with van der Waals surface area (Å²) in [5.41, 5.74) is 3.55. The molecule has 4 nitrogen and oxygen atoms in total. The second-order valence-corrected chi connectivity index (χ2v) is 4.52. The maximum atomic E-state index is 11.2. The van der Waals surface area contributed by atoms with E-state index in [1.807, 2.05) is 31.2 Å². The maximum Gasteiger partial charge on any atom is 0.346 e. The number of hydrogen-bond acceptors (Lipinski definition) is 4.